The normalized spacial score (nSPS) is 10.8. The maximum atomic E-state index is 12.5. The Morgan fingerprint density at radius 1 is 0.967 bits per heavy atom. The first kappa shape index (κ1) is 19.8. The molecule has 0 spiro atoms. The lowest BCUT2D eigenvalue weighted by Crippen LogP contribution is -2.34. The molecular formula is C24H21N3O2S. The number of carbonyl (C=O) groups excluding carboxylic acids is 1. The molecule has 4 aromatic rings. The molecule has 0 unspecified atom stereocenters. The highest BCUT2D eigenvalue weighted by molar-refractivity contribution is 7.80. The van der Waals surface area contributed by atoms with Crippen LogP contribution in [-0.2, 0) is 0 Å². The van der Waals surface area contributed by atoms with Gasteiger partial charge in [-0.05, 0) is 80.5 Å². The summed E-state index contributed by atoms with van der Waals surface area (Å²) >= 11 is 5.33. The molecule has 0 bridgehead atoms. The van der Waals surface area contributed by atoms with Crippen LogP contribution in [0.4, 0.5) is 5.69 Å². The monoisotopic (exact) mass is 415 g/mol. The van der Waals surface area contributed by atoms with Crippen molar-refractivity contribution in [3.63, 3.8) is 0 Å². The van der Waals surface area contributed by atoms with Gasteiger partial charge in [-0.2, -0.15) is 0 Å². The number of oxazole rings is 1. The lowest BCUT2D eigenvalue weighted by molar-refractivity contribution is 0.0977. The number of nitrogens with one attached hydrogen (secondary N) is 2. The van der Waals surface area contributed by atoms with Gasteiger partial charge in [0, 0.05) is 16.8 Å². The fourth-order valence-corrected chi connectivity index (χ4v) is 3.50. The van der Waals surface area contributed by atoms with Crippen LogP contribution in [0.25, 0.3) is 22.6 Å². The summed E-state index contributed by atoms with van der Waals surface area (Å²) in [5.74, 6) is 0.292. The van der Waals surface area contributed by atoms with Crippen molar-refractivity contribution in [3.05, 3.63) is 82.9 Å². The number of anilines is 1. The highest BCUT2D eigenvalue weighted by Gasteiger charge is 2.12. The van der Waals surface area contributed by atoms with Crippen molar-refractivity contribution in [1.82, 2.24) is 10.3 Å². The van der Waals surface area contributed by atoms with Gasteiger partial charge in [0.1, 0.15) is 5.52 Å². The molecule has 0 aliphatic carbocycles. The van der Waals surface area contributed by atoms with Crippen molar-refractivity contribution in [2.24, 2.45) is 0 Å². The number of benzene rings is 3. The summed E-state index contributed by atoms with van der Waals surface area (Å²) in [5, 5.41) is 6.02. The Morgan fingerprint density at radius 3 is 2.53 bits per heavy atom. The number of hydrogen-bond acceptors (Lipinski definition) is 4. The maximum Gasteiger partial charge on any atom is 0.257 e. The lowest BCUT2D eigenvalue weighted by Gasteiger charge is -2.11. The van der Waals surface area contributed by atoms with Crippen LogP contribution in [0.2, 0.25) is 0 Å². The molecule has 0 aliphatic rings. The lowest BCUT2D eigenvalue weighted by atomic mass is 10.1. The Balaban J connectivity index is 1.49. The van der Waals surface area contributed by atoms with Gasteiger partial charge in [0.15, 0.2) is 10.7 Å². The fraction of sp³-hybridized carbons (Fsp3) is 0.125. The Labute approximate surface area is 180 Å². The van der Waals surface area contributed by atoms with E-state index in [1.165, 1.54) is 0 Å². The highest BCUT2D eigenvalue weighted by atomic mass is 32.1. The predicted molar refractivity (Wildman–Crippen MR) is 124 cm³/mol. The van der Waals surface area contributed by atoms with Crippen LogP contribution in [0.15, 0.2) is 65.1 Å². The summed E-state index contributed by atoms with van der Waals surface area (Å²) < 4.78 is 5.87. The summed E-state index contributed by atoms with van der Waals surface area (Å²) in [6.07, 6.45) is 0. The number of aryl methyl sites for hydroxylation is 3. The Kier molecular flexibility index (Phi) is 5.33. The van der Waals surface area contributed by atoms with Gasteiger partial charge in [-0.1, -0.05) is 29.8 Å². The van der Waals surface area contributed by atoms with E-state index in [2.05, 4.69) is 15.6 Å². The number of carbonyl (C=O) groups is 1. The third-order valence-electron chi connectivity index (χ3n) is 4.76. The van der Waals surface area contributed by atoms with Crippen LogP contribution in [0, 0.1) is 20.8 Å². The topological polar surface area (TPSA) is 67.2 Å². The van der Waals surface area contributed by atoms with Crippen molar-refractivity contribution >= 4 is 40.0 Å². The molecule has 150 valence electrons. The van der Waals surface area contributed by atoms with Crippen LogP contribution in [-0.4, -0.2) is 16.0 Å². The summed E-state index contributed by atoms with van der Waals surface area (Å²) in [5.41, 5.74) is 6.85. The molecule has 0 aliphatic heterocycles. The molecule has 6 heteroatoms. The summed E-state index contributed by atoms with van der Waals surface area (Å²) in [7, 11) is 0. The fourth-order valence-electron chi connectivity index (χ4n) is 3.29. The number of hydrogen-bond donors (Lipinski definition) is 2. The van der Waals surface area contributed by atoms with E-state index in [-0.39, 0.29) is 11.0 Å². The Hall–Kier alpha value is -3.51. The second kappa shape index (κ2) is 8.08. The van der Waals surface area contributed by atoms with Gasteiger partial charge in [0.2, 0.25) is 5.89 Å². The van der Waals surface area contributed by atoms with Crippen molar-refractivity contribution in [2.75, 3.05) is 5.32 Å². The number of nitrogens with zero attached hydrogens (tertiary/aromatic N) is 1. The maximum absolute atomic E-state index is 12.5. The molecule has 3 aromatic carbocycles. The number of rotatable bonds is 3. The summed E-state index contributed by atoms with van der Waals surface area (Å²) in [4.78, 5) is 17.1. The Bertz CT molecular complexity index is 1280. The first-order chi connectivity index (χ1) is 14.4. The van der Waals surface area contributed by atoms with E-state index in [0.29, 0.717) is 11.5 Å². The van der Waals surface area contributed by atoms with Gasteiger partial charge in [-0.15, -0.1) is 0 Å². The minimum absolute atomic E-state index is 0.227. The predicted octanol–water partition coefficient (Wildman–Crippen LogP) is 5.55. The number of aromatic nitrogens is 1. The molecule has 0 radical (unpaired) electrons. The largest absolute Gasteiger partial charge is 0.436 e. The smallest absolute Gasteiger partial charge is 0.257 e. The van der Waals surface area contributed by atoms with E-state index >= 15 is 0 Å². The number of fused-ring (bicyclic) bond motifs is 1. The zero-order valence-electron chi connectivity index (χ0n) is 16.9. The second-order valence-electron chi connectivity index (χ2n) is 7.30. The first-order valence-electron chi connectivity index (χ1n) is 9.56. The van der Waals surface area contributed by atoms with E-state index in [1.807, 2.05) is 75.4 Å². The molecule has 0 fully saturated rings. The third-order valence-corrected chi connectivity index (χ3v) is 4.97. The quantitative estimate of drug-likeness (QED) is 0.430. The molecule has 0 saturated heterocycles. The van der Waals surface area contributed by atoms with Crippen LogP contribution in [0.3, 0.4) is 0 Å². The standard InChI is InChI=1S/C24H21N3O2S/c1-14-7-9-19(16(3)11-14)22(28)27-24(30)25-18-6-4-5-17(13-18)23-26-20-12-15(2)8-10-21(20)29-23/h4-13H,1-3H3,(H2,25,27,28,30). The molecule has 30 heavy (non-hydrogen) atoms. The van der Waals surface area contributed by atoms with Gasteiger partial charge in [0.05, 0.1) is 0 Å². The molecular weight excluding hydrogens is 394 g/mol. The molecule has 1 heterocycles. The average molecular weight is 416 g/mol. The SMILES string of the molecule is Cc1ccc(C(=O)NC(=S)Nc2cccc(-c3nc4cc(C)ccc4o3)c2)c(C)c1. The van der Waals surface area contributed by atoms with Gasteiger partial charge in [-0.25, -0.2) is 4.98 Å². The molecule has 0 atom stereocenters. The van der Waals surface area contributed by atoms with Crippen molar-refractivity contribution < 1.29 is 9.21 Å². The van der Waals surface area contributed by atoms with Gasteiger partial charge in [0.25, 0.3) is 5.91 Å². The van der Waals surface area contributed by atoms with Crippen LogP contribution < -0.4 is 10.6 Å². The minimum Gasteiger partial charge on any atom is -0.436 e. The molecule has 0 saturated carbocycles. The van der Waals surface area contributed by atoms with Crippen molar-refractivity contribution in [2.45, 2.75) is 20.8 Å². The summed E-state index contributed by atoms with van der Waals surface area (Å²) in [6.45, 7) is 5.92. The minimum atomic E-state index is -0.240. The number of amides is 1. The molecule has 4 rings (SSSR count). The van der Waals surface area contributed by atoms with Gasteiger partial charge >= 0.3 is 0 Å². The van der Waals surface area contributed by atoms with Crippen LogP contribution >= 0.6 is 12.2 Å². The van der Waals surface area contributed by atoms with Crippen LogP contribution in [0.5, 0.6) is 0 Å². The highest BCUT2D eigenvalue weighted by Crippen LogP contribution is 2.26. The molecule has 5 nitrogen and oxygen atoms in total. The van der Waals surface area contributed by atoms with E-state index in [1.54, 1.807) is 6.07 Å². The third kappa shape index (κ3) is 4.23. The second-order valence-corrected chi connectivity index (χ2v) is 7.71. The number of thiocarbonyl (C=S) groups is 1. The van der Waals surface area contributed by atoms with Crippen molar-refractivity contribution in [3.8, 4) is 11.5 Å². The average Bonchev–Trinajstić information content (AvgIpc) is 3.11. The van der Waals surface area contributed by atoms with Crippen molar-refractivity contribution in [1.29, 1.82) is 0 Å². The van der Waals surface area contributed by atoms with Gasteiger partial charge in [-0.3, -0.25) is 10.1 Å². The molecule has 1 amide bonds. The van der Waals surface area contributed by atoms with E-state index in [4.69, 9.17) is 16.6 Å². The van der Waals surface area contributed by atoms with Gasteiger partial charge < -0.3 is 9.73 Å². The zero-order valence-corrected chi connectivity index (χ0v) is 17.8. The molecule has 2 N–H and O–H groups in total. The van der Waals surface area contributed by atoms with E-state index < -0.39 is 0 Å². The van der Waals surface area contributed by atoms with E-state index in [9.17, 15) is 4.79 Å². The first-order valence-corrected chi connectivity index (χ1v) is 9.97. The van der Waals surface area contributed by atoms with Crippen LogP contribution in [0.1, 0.15) is 27.0 Å². The van der Waals surface area contributed by atoms with E-state index in [0.717, 1.165) is 39.0 Å². The Morgan fingerprint density at radius 2 is 1.73 bits per heavy atom. The zero-order chi connectivity index (χ0) is 21.3. The molecule has 1 aromatic heterocycles. The summed E-state index contributed by atoms with van der Waals surface area (Å²) in [6, 6.07) is 19.1.